The van der Waals surface area contributed by atoms with Gasteiger partial charge in [0.2, 0.25) is 0 Å². The number of hydrogen-bond acceptors (Lipinski definition) is 2. The first kappa shape index (κ1) is 14.2. The Kier molecular flexibility index (Phi) is 5.12. The van der Waals surface area contributed by atoms with Gasteiger partial charge in [0.25, 0.3) is 5.91 Å². The molecule has 94 valence electrons. The predicted octanol–water partition coefficient (Wildman–Crippen LogP) is 2.93. The minimum atomic E-state index is -0.0554. The number of aromatic nitrogens is 1. The lowest BCUT2D eigenvalue weighted by Gasteiger charge is -2.23. The van der Waals surface area contributed by atoms with Gasteiger partial charge in [0.05, 0.1) is 5.56 Å². The van der Waals surface area contributed by atoms with Crippen molar-refractivity contribution in [3.05, 3.63) is 29.6 Å². The number of nitrogens with zero attached hydrogens (tertiary/aromatic N) is 1. The zero-order valence-corrected chi connectivity index (χ0v) is 12.2. The molecule has 1 N–H and O–H groups in total. The first-order valence-corrected chi connectivity index (χ1v) is 6.83. The molecule has 0 spiro atoms. The molecule has 0 saturated heterocycles. The summed E-state index contributed by atoms with van der Waals surface area (Å²) in [6.07, 6.45) is 2.64. The molecule has 1 aromatic rings. The van der Waals surface area contributed by atoms with Crippen molar-refractivity contribution in [2.75, 3.05) is 11.9 Å². The van der Waals surface area contributed by atoms with E-state index in [1.807, 2.05) is 13.0 Å². The van der Waals surface area contributed by atoms with Gasteiger partial charge < -0.3 is 5.32 Å². The van der Waals surface area contributed by atoms with Crippen molar-refractivity contribution in [1.82, 2.24) is 10.3 Å². The van der Waals surface area contributed by atoms with Crippen molar-refractivity contribution in [3.63, 3.8) is 0 Å². The van der Waals surface area contributed by atoms with E-state index in [0.717, 1.165) is 17.4 Å². The largest absolute Gasteiger partial charge is 0.351 e. The Hall–Kier alpha value is -0.900. The number of carbonyl (C=O) groups is 1. The number of alkyl halides is 1. The molecular formula is C13H19BrN2O. The molecule has 0 aromatic carbocycles. The third-order valence-corrected chi connectivity index (χ3v) is 3.07. The van der Waals surface area contributed by atoms with Crippen molar-refractivity contribution in [1.29, 1.82) is 0 Å². The summed E-state index contributed by atoms with van der Waals surface area (Å²) in [6.45, 7) is 6.86. The second kappa shape index (κ2) is 6.15. The average molecular weight is 299 g/mol. The summed E-state index contributed by atoms with van der Waals surface area (Å²) in [5.41, 5.74) is 1.64. The quantitative estimate of drug-likeness (QED) is 0.849. The van der Waals surface area contributed by atoms with Gasteiger partial charge in [0, 0.05) is 23.8 Å². The van der Waals surface area contributed by atoms with Gasteiger partial charge in [-0.1, -0.05) is 29.8 Å². The Morgan fingerprint density at radius 2 is 2.18 bits per heavy atom. The lowest BCUT2D eigenvalue weighted by molar-refractivity contribution is 0.0935. The molecule has 3 nitrogen and oxygen atoms in total. The number of halogens is 1. The Bertz CT molecular complexity index is 374. The molecule has 0 saturated carbocycles. The van der Waals surface area contributed by atoms with Crippen LogP contribution in [0.25, 0.3) is 0 Å². The molecule has 0 aliphatic carbocycles. The van der Waals surface area contributed by atoms with Crippen LogP contribution in [0.4, 0.5) is 0 Å². The van der Waals surface area contributed by atoms with E-state index in [2.05, 4.69) is 40.1 Å². The molecular weight excluding hydrogens is 280 g/mol. The van der Waals surface area contributed by atoms with E-state index in [4.69, 9.17) is 0 Å². The van der Waals surface area contributed by atoms with Crippen LogP contribution in [0.1, 0.15) is 36.3 Å². The fourth-order valence-electron chi connectivity index (χ4n) is 1.37. The molecule has 0 aliphatic rings. The number of nitrogens with one attached hydrogen (secondary N) is 1. The normalized spacial score (nSPS) is 11.3. The standard InChI is InChI=1S/C13H19BrN2O/c1-10-4-5-11(8-15-10)12(17)16-9-13(2,3)6-7-14/h4-5,8H,6-7,9H2,1-3H3,(H,16,17). The summed E-state index contributed by atoms with van der Waals surface area (Å²) < 4.78 is 0. The van der Waals surface area contributed by atoms with Crippen LogP contribution in [-0.2, 0) is 0 Å². The van der Waals surface area contributed by atoms with Crippen LogP contribution in [0.5, 0.6) is 0 Å². The van der Waals surface area contributed by atoms with Crippen LogP contribution in [0.3, 0.4) is 0 Å². The van der Waals surface area contributed by atoms with Gasteiger partial charge in [-0.15, -0.1) is 0 Å². The lowest BCUT2D eigenvalue weighted by atomic mass is 9.90. The third kappa shape index (κ3) is 4.86. The zero-order valence-electron chi connectivity index (χ0n) is 10.6. The third-order valence-electron chi connectivity index (χ3n) is 2.67. The number of rotatable bonds is 5. The maximum absolute atomic E-state index is 11.8. The molecule has 17 heavy (non-hydrogen) atoms. The first-order chi connectivity index (χ1) is 7.94. The van der Waals surface area contributed by atoms with Crippen molar-refractivity contribution < 1.29 is 4.79 Å². The van der Waals surface area contributed by atoms with Crippen molar-refractivity contribution >= 4 is 21.8 Å². The van der Waals surface area contributed by atoms with Crippen LogP contribution >= 0.6 is 15.9 Å². The van der Waals surface area contributed by atoms with Gasteiger partial charge in [-0.2, -0.15) is 0 Å². The molecule has 1 rings (SSSR count). The molecule has 4 heteroatoms. The zero-order chi connectivity index (χ0) is 12.9. The first-order valence-electron chi connectivity index (χ1n) is 5.71. The number of hydrogen-bond donors (Lipinski definition) is 1. The van der Waals surface area contributed by atoms with Crippen molar-refractivity contribution in [2.24, 2.45) is 5.41 Å². The summed E-state index contributed by atoms with van der Waals surface area (Å²) >= 11 is 3.42. The van der Waals surface area contributed by atoms with Crippen molar-refractivity contribution in [3.8, 4) is 0 Å². The van der Waals surface area contributed by atoms with Gasteiger partial charge in [0.15, 0.2) is 0 Å². The van der Waals surface area contributed by atoms with Crippen LogP contribution in [-0.4, -0.2) is 22.8 Å². The molecule has 0 fully saturated rings. The van der Waals surface area contributed by atoms with E-state index in [9.17, 15) is 4.79 Å². The second-order valence-corrected chi connectivity index (χ2v) is 5.77. The Labute approximate surface area is 111 Å². The minimum Gasteiger partial charge on any atom is -0.351 e. The van der Waals surface area contributed by atoms with E-state index in [-0.39, 0.29) is 11.3 Å². The maximum Gasteiger partial charge on any atom is 0.252 e. The van der Waals surface area contributed by atoms with Crippen LogP contribution in [0, 0.1) is 12.3 Å². The molecule has 1 aromatic heterocycles. The van der Waals surface area contributed by atoms with Crippen molar-refractivity contribution in [2.45, 2.75) is 27.2 Å². The van der Waals surface area contributed by atoms with E-state index in [1.54, 1.807) is 12.3 Å². The van der Waals surface area contributed by atoms with Crippen LogP contribution in [0.15, 0.2) is 18.3 Å². The highest BCUT2D eigenvalue weighted by atomic mass is 79.9. The Morgan fingerprint density at radius 3 is 2.71 bits per heavy atom. The topological polar surface area (TPSA) is 42.0 Å². The van der Waals surface area contributed by atoms with Crippen LogP contribution < -0.4 is 5.32 Å². The molecule has 1 heterocycles. The number of amides is 1. The van der Waals surface area contributed by atoms with Gasteiger partial charge in [-0.25, -0.2) is 0 Å². The van der Waals surface area contributed by atoms with Gasteiger partial charge >= 0.3 is 0 Å². The predicted molar refractivity (Wildman–Crippen MR) is 73.5 cm³/mol. The smallest absolute Gasteiger partial charge is 0.252 e. The monoisotopic (exact) mass is 298 g/mol. The average Bonchev–Trinajstić information content (AvgIpc) is 2.27. The molecule has 0 aliphatic heterocycles. The fourth-order valence-corrected chi connectivity index (χ4v) is 2.44. The summed E-state index contributed by atoms with van der Waals surface area (Å²) in [5.74, 6) is -0.0554. The van der Waals surface area contributed by atoms with E-state index in [0.29, 0.717) is 12.1 Å². The highest BCUT2D eigenvalue weighted by Crippen LogP contribution is 2.20. The Balaban J connectivity index is 2.53. The number of pyridine rings is 1. The molecule has 0 unspecified atom stereocenters. The summed E-state index contributed by atoms with van der Waals surface area (Å²) in [5, 5.41) is 3.89. The maximum atomic E-state index is 11.8. The summed E-state index contributed by atoms with van der Waals surface area (Å²) in [4.78, 5) is 16.0. The second-order valence-electron chi connectivity index (χ2n) is 4.97. The van der Waals surface area contributed by atoms with E-state index in [1.165, 1.54) is 0 Å². The number of aryl methyl sites for hydroxylation is 1. The van der Waals surface area contributed by atoms with Gasteiger partial charge in [0.1, 0.15) is 0 Å². The number of carbonyl (C=O) groups excluding carboxylic acids is 1. The SMILES string of the molecule is Cc1ccc(C(=O)NCC(C)(C)CCBr)cn1. The summed E-state index contributed by atoms with van der Waals surface area (Å²) in [7, 11) is 0. The van der Waals surface area contributed by atoms with Gasteiger partial charge in [-0.3, -0.25) is 9.78 Å². The minimum absolute atomic E-state index is 0.0554. The highest BCUT2D eigenvalue weighted by Gasteiger charge is 2.18. The van der Waals surface area contributed by atoms with E-state index >= 15 is 0 Å². The molecule has 0 radical (unpaired) electrons. The molecule has 1 amide bonds. The Morgan fingerprint density at radius 1 is 1.47 bits per heavy atom. The molecule has 0 atom stereocenters. The fraction of sp³-hybridized carbons (Fsp3) is 0.538. The highest BCUT2D eigenvalue weighted by molar-refractivity contribution is 9.09. The van der Waals surface area contributed by atoms with Gasteiger partial charge in [-0.05, 0) is 30.9 Å². The lowest BCUT2D eigenvalue weighted by Crippen LogP contribution is -2.34. The summed E-state index contributed by atoms with van der Waals surface area (Å²) in [6, 6.07) is 3.65. The van der Waals surface area contributed by atoms with Crippen LogP contribution in [0.2, 0.25) is 0 Å². The molecule has 0 bridgehead atoms. The van der Waals surface area contributed by atoms with E-state index < -0.39 is 0 Å².